The Morgan fingerprint density at radius 3 is 2.76 bits per heavy atom. The SMILES string of the molecule is CC1CCC(C(=O)O)CN1C(=O)COc1ccccc1Cl. The fourth-order valence-corrected chi connectivity index (χ4v) is 2.63. The molecule has 1 saturated heterocycles. The maximum atomic E-state index is 12.2. The van der Waals surface area contributed by atoms with Gasteiger partial charge < -0.3 is 14.7 Å². The molecule has 1 aliphatic heterocycles. The number of piperidine rings is 1. The van der Waals surface area contributed by atoms with Gasteiger partial charge in [0, 0.05) is 12.6 Å². The number of carbonyl (C=O) groups is 2. The van der Waals surface area contributed by atoms with E-state index in [1.54, 1.807) is 29.2 Å². The largest absolute Gasteiger partial charge is 0.482 e. The first kappa shape index (κ1) is 15.6. The Morgan fingerprint density at radius 1 is 1.38 bits per heavy atom. The van der Waals surface area contributed by atoms with Crippen molar-refractivity contribution >= 4 is 23.5 Å². The molecule has 6 heteroatoms. The van der Waals surface area contributed by atoms with Crippen molar-refractivity contribution in [2.24, 2.45) is 5.92 Å². The highest BCUT2D eigenvalue weighted by atomic mass is 35.5. The highest BCUT2D eigenvalue weighted by Crippen LogP contribution is 2.25. The van der Waals surface area contributed by atoms with Gasteiger partial charge in [-0.3, -0.25) is 9.59 Å². The predicted octanol–water partition coefficient (Wildman–Crippen LogP) is 2.43. The van der Waals surface area contributed by atoms with Crippen molar-refractivity contribution in [2.45, 2.75) is 25.8 Å². The summed E-state index contributed by atoms with van der Waals surface area (Å²) in [5, 5.41) is 9.53. The highest BCUT2D eigenvalue weighted by molar-refractivity contribution is 6.32. The van der Waals surface area contributed by atoms with E-state index in [4.69, 9.17) is 21.4 Å². The molecule has 2 atom stereocenters. The van der Waals surface area contributed by atoms with Crippen molar-refractivity contribution in [3.8, 4) is 5.75 Å². The first-order valence-electron chi connectivity index (χ1n) is 6.88. The number of carboxylic acid groups (broad SMARTS) is 1. The molecule has 2 unspecified atom stereocenters. The van der Waals surface area contributed by atoms with Crippen molar-refractivity contribution in [1.29, 1.82) is 0 Å². The van der Waals surface area contributed by atoms with E-state index in [2.05, 4.69) is 0 Å². The molecule has 5 nitrogen and oxygen atoms in total. The maximum absolute atomic E-state index is 12.2. The summed E-state index contributed by atoms with van der Waals surface area (Å²) in [4.78, 5) is 24.9. The number of para-hydroxylation sites is 1. The van der Waals surface area contributed by atoms with Crippen molar-refractivity contribution < 1.29 is 19.4 Å². The molecule has 114 valence electrons. The van der Waals surface area contributed by atoms with Gasteiger partial charge in [-0.05, 0) is 31.9 Å². The fraction of sp³-hybridized carbons (Fsp3) is 0.467. The second-order valence-electron chi connectivity index (χ2n) is 5.23. The average molecular weight is 312 g/mol. The number of nitrogens with zero attached hydrogens (tertiary/aromatic N) is 1. The van der Waals surface area contributed by atoms with Gasteiger partial charge in [0.15, 0.2) is 6.61 Å². The van der Waals surface area contributed by atoms with E-state index in [9.17, 15) is 9.59 Å². The minimum absolute atomic E-state index is 0.0305. The minimum atomic E-state index is -0.855. The van der Waals surface area contributed by atoms with Gasteiger partial charge in [0.2, 0.25) is 0 Å². The summed E-state index contributed by atoms with van der Waals surface area (Å²) >= 11 is 5.96. The molecule has 1 amide bonds. The fourth-order valence-electron chi connectivity index (χ4n) is 2.44. The number of amides is 1. The molecule has 1 aromatic carbocycles. The van der Waals surface area contributed by atoms with Crippen LogP contribution < -0.4 is 4.74 Å². The number of rotatable bonds is 4. The average Bonchev–Trinajstić information content (AvgIpc) is 2.46. The molecule has 1 aliphatic rings. The molecule has 1 fully saturated rings. The molecule has 1 aromatic rings. The van der Waals surface area contributed by atoms with Gasteiger partial charge in [0.05, 0.1) is 10.9 Å². The van der Waals surface area contributed by atoms with Crippen LogP contribution in [0.4, 0.5) is 0 Å². The van der Waals surface area contributed by atoms with Crippen LogP contribution in [0.5, 0.6) is 5.75 Å². The van der Waals surface area contributed by atoms with E-state index in [1.807, 2.05) is 6.92 Å². The van der Waals surface area contributed by atoms with Gasteiger partial charge in [-0.2, -0.15) is 0 Å². The van der Waals surface area contributed by atoms with Crippen LogP contribution in [0.3, 0.4) is 0 Å². The summed E-state index contributed by atoms with van der Waals surface area (Å²) < 4.78 is 5.43. The number of likely N-dealkylation sites (tertiary alicyclic amines) is 1. The van der Waals surface area contributed by atoms with E-state index in [0.29, 0.717) is 23.6 Å². The molecule has 0 radical (unpaired) electrons. The normalized spacial score (nSPS) is 21.9. The Kier molecular flexibility index (Phi) is 5.07. The molecule has 0 aliphatic carbocycles. The topological polar surface area (TPSA) is 66.8 Å². The minimum Gasteiger partial charge on any atom is -0.482 e. The number of carboxylic acids is 1. The Labute approximate surface area is 128 Å². The molecule has 1 heterocycles. The van der Waals surface area contributed by atoms with Crippen LogP contribution in [0, 0.1) is 5.92 Å². The smallest absolute Gasteiger partial charge is 0.308 e. The van der Waals surface area contributed by atoms with Gasteiger partial charge in [-0.25, -0.2) is 0 Å². The second kappa shape index (κ2) is 6.80. The van der Waals surface area contributed by atoms with Crippen molar-refractivity contribution in [2.75, 3.05) is 13.2 Å². The number of hydrogen-bond acceptors (Lipinski definition) is 3. The molecule has 0 aromatic heterocycles. The Hall–Kier alpha value is -1.75. The molecule has 21 heavy (non-hydrogen) atoms. The van der Waals surface area contributed by atoms with Gasteiger partial charge in [0.25, 0.3) is 5.91 Å². The summed E-state index contributed by atoms with van der Waals surface area (Å²) in [7, 11) is 0. The molecule has 0 spiro atoms. The number of aliphatic carboxylic acids is 1. The van der Waals surface area contributed by atoms with Gasteiger partial charge in [0.1, 0.15) is 5.75 Å². The molecular formula is C15H18ClNO4. The highest BCUT2D eigenvalue weighted by Gasteiger charge is 2.32. The van der Waals surface area contributed by atoms with Gasteiger partial charge in [-0.1, -0.05) is 23.7 Å². The predicted molar refractivity (Wildman–Crippen MR) is 78.5 cm³/mol. The van der Waals surface area contributed by atoms with E-state index < -0.39 is 11.9 Å². The van der Waals surface area contributed by atoms with Crippen LogP contribution in [0.2, 0.25) is 5.02 Å². The summed E-state index contributed by atoms with van der Waals surface area (Å²) in [5.74, 6) is -1.11. The maximum Gasteiger partial charge on any atom is 0.308 e. The Morgan fingerprint density at radius 2 is 2.10 bits per heavy atom. The van der Waals surface area contributed by atoms with Crippen molar-refractivity contribution in [1.82, 2.24) is 4.90 Å². The molecule has 2 rings (SSSR count). The number of hydrogen-bond donors (Lipinski definition) is 1. The van der Waals surface area contributed by atoms with Crippen molar-refractivity contribution in [3.63, 3.8) is 0 Å². The Balaban J connectivity index is 1.95. The number of ether oxygens (including phenoxy) is 1. The van der Waals surface area contributed by atoms with Crippen LogP contribution in [-0.4, -0.2) is 41.1 Å². The Bertz CT molecular complexity index is 534. The lowest BCUT2D eigenvalue weighted by Crippen LogP contribution is -2.49. The zero-order valence-corrected chi connectivity index (χ0v) is 12.5. The third-order valence-corrected chi connectivity index (χ3v) is 4.05. The van der Waals surface area contributed by atoms with Crippen LogP contribution in [0.15, 0.2) is 24.3 Å². The quantitative estimate of drug-likeness (QED) is 0.927. The zero-order chi connectivity index (χ0) is 15.4. The van der Waals surface area contributed by atoms with Crippen molar-refractivity contribution in [3.05, 3.63) is 29.3 Å². The molecular weight excluding hydrogens is 294 g/mol. The molecule has 1 N–H and O–H groups in total. The van der Waals surface area contributed by atoms with E-state index >= 15 is 0 Å². The number of carbonyl (C=O) groups excluding carboxylic acids is 1. The van der Waals surface area contributed by atoms with Gasteiger partial charge in [-0.15, -0.1) is 0 Å². The standard InChI is InChI=1S/C15H18ClNO4/c1-10-6-7-11(15(19)20)8-17(10)14(18)9-21-13-5-3-2-4-12(13)16/h2-5,10-11H,6-9H2,1H3,(H,19,20). The summed E-state index contributed by atoms with van der Waals surface area (Å²) in [6.45, 7) is 2.02. The monoisotopic (exact) mass is 311 g/mol. The summed E-state index contributed by atoms with van der Waals surface area (Å²) in [5.41, 5.74) is 0. The number of halogens is 1. The lowest BCUT2D eigenvalue weighted by atomic mass is 9.93. The third-order valence-electron chi connectivity index (χ3n) is 3.74. The summed E-state index contributed by atoms with van der Waals surface area (Å²) in [6, 6.07) is 6.96. The van der Waals surface area contributed by atoms with Crippen LogP contribution in [0.25, 0.3) is 0 Å². The summed E-state index contributed by atoms with van der Waals surface area (Å²) in [6.07, 6.45) is 1.29. The van der Waals surface area contributed by atoms with Crippen LogP contribution >= 0.6 is 11.6 Å². The van der Waals surface area contributed by atoms with E-state index in [1.165, 1.54) is 0 Å². The van der Waals surface area contributed by atoms with Gasteiger partial charge >= 0.3 is 5.97 Å². The van der Waals surface area contributed by atoms with Crippen LogP contribution in [-0.2, 0) is 9.59 Å². The van der Waals surface area contributed by atoms with E-state index in [0.717, 1.165) is 0 Å². The van der Waals surface area contributed by atoms with E-state index in [-0.39, 0.29) is 25.1 Å². The third kappa shape index (κ3) is 3.88. The lowest BCUT2D eigenvalue weighted by Gasteiger charge is -2.36. The molecule has 0 saturated carbocycles. The number of benzene rings is 1. The second-order valence-corrected chi connectivity index (χ2v) is 5.63. The zero-order valence-electron chi connectivity index (χ0n) is 11.8. The molecule has 0 bridgehead atoms. The lowest BCUT2D eigenvalue weighted by molar-refractivity contribution is -0.147. The first-order chi connectivity index (χ1) is 9.99. The van der Waals surface area contributed by atoms with Crippen LogP contribution in [0.1, 0.15) is 19.8 Å². The first-order valence-corrected chi connectivity index (χ1v) is 7.26.